The highest BCUT2D eigenvalue weighted by Gasteiger charge is 2.26. The Morgan fingerprint density at radius 2 is 1.83 bits per heavy atom. The standard InChI is InChI=1S/C18H27ClN2O2/c1-13-11-16(17(23-3)12-15(13)19)20-18(22)14(2)21-9-7-5-4-6-8-10-21/h11-12,14H,4-10H2,1-3H3,(H,20,22)/p+1/t14-/m0/s1. The molecule has 1 amide bonds. The molecule has 1 aromatic carbocycles. The maximum atomic E-state index is 12.7. The Bertz CT molecular complexity index is 540. The number of hydrogen-bond donors (Lipinski definition) is 2. The van der Waals surface area contributed by atoms with Crippen LogP contribution in [0.1, 0.15) is 44.6 Å². The van der Waals surface area contributed by atoms with Gasteiger partial charge in [-0.2, -0.15) is 0 Å². The van der Waals surface area contributed by atoms with Gasteiger partial charge in [-0.1, -0.05) is 18.0 Å². The van der Waals surface area contributed by atoms with Gasteiger partial charge in [-0.25, -0.2) is 0 Å². The van der Waals surface area contributed by atoms with Gasteiger partial charge in [0.15, 0.2) is 6.04 Å². The van der Waals surface area contributed by atoms with Crippen LogP contribution in [-0.4, -0.2) is 32.1 Å². The van der Waals surface area contributed by atoms with Gasteiger partial charge in [0.2, 0.25) is 0 Å². The quantitative estimate of drug-likeness (QED) is 0.885. The molecule has 1 heterocycles. The van der Waals surface area contributed by atoms with Crippen molar-refractivity contribution in [2.75, 3.05) is 25.5 Å². The predicted molar refractivity (Wildman–Crippen MR) is 94.6 cm³/mol. The monoisotopic (exact) mass is 339 g/mol. The molecule has 0 spiro atoms. The van der Waals surface area contributed by atoms with Crippen LogP contribution in [0.25, 0.3) is 0 Å². The van der Waals surface area contributed by atoms with Gasteiger partial charge in [-0.15, -0.1) is 0 Å². The van der Waals surface area contributed by atoms with Crippen LogP contribution in [0.4, 0.5) is 5.69 Å². The van der Waals surface area contributed by atoms with E-state index in [1.54, 1.807) is 13.2 Å². The van der Waals surface area contributed by atoms with Gasteiger partial charge >= 0.3 is 0 Å². The fourth-order valence-corrected chi connectivity index (χ4v) is 3.30. The molecule has 0 saturated carbocycles. The number of aryl methyl sites for hydroxylation is 1. The Morgan fingerprint density at radius 3 is 2.43 bits per heavy atom. The van der Waals surface area contributed by atoms with E-state index in [0.717, 1.165) is 18.7 Å². The number of amides is 1. The first-order valence-corrected chi connectivity index (χ1v) is 8.90. The third-order valence-corrected chi connectivity index (χ3v) is 5.15. The first-order chi connectivity index (χ1) is 11.0. The summed E-state index contributed by atoms with van der Waals surface area (Å²) >= 11 is 6.12. The molecule has 1 aromatic rings. The van der Waals surface area contributed by atoms with E-state index in [0.29, 0.717) is 16.5 Å². The van der Waals surface area contributed by atoms with E-state index >= 15 is 0 Å². The highest BCUT2D eigenvalue weighted by Crippen LogP contribution is 2.30. The third kappa shape index (κ3) is 4.85. The number of methoxy groups -OCH3 is 1. The Morgan fingerprint density at radius 1 is 1.22 bits per heavy atom. The van der Waals surface area contributed by atoms with Crippen LogP contribution in [0.5, 0.6) is 5.75 Å². The number of ether oxygens (including phenoxy) is 1. The summed E-state index contributed by atoms with van der Waals surface area (Å²) in [4.78, 5) is 14.0. The van der Waals surface area contributed by atoms with Crippen LogP contribution in [-0.2, 0) is 4.79 Å². The van der Waals surface area contributed by atoms with Crippen molar-refractivity contribution >= 4 is 23.2 Å². The summed E-state index contributed by atoms with van der Waals surface area (Å²) in [6.45, 7) is 6.09. The van der Waals surface area contributed by atoms with Crippen molar-refractivity contribution in [3.05, 3.63) is 22.7 Å². The van der Waals surface area contributed by atoms with Crippen LogP contribution in [0.2, 0.25) is 5.02 Å². The number of carbonyl (C=O) groups excluding carboxylic acids is 1. The lowest BCUT2D eigenvalue weighted by Crippen LogP contribution is -3.16. The smallest absolute Gasteiger partial charge is 0.282 e. The molecule has 1 aliphatic rings. The van der Waals surface area contributed by atoms with Crippen molar-refractivity contribution in [2.45, 2.75) is 52.0 Å². The summed E-state index contributed by atoms with van der Waals surface area (Å²) in [5.41, 5.74) is 1.62. The van der Waals surface area contributed by atoms with E-state index in [1.165, 1.54) is 37.0 Å². The van der Waals surface area contributed by atoms with E-state index in [-0.39, 0.29) is 11.9 Å². The largest absolute Gasteiger partial charge is 0.495 e. The van der Waals surface area contributed by atoms with Gasteiger partial charge in [-0.3, -0.25) is 4.79 Å². The molecule has 0 bridgehead atoms. The second kappa shape index (κ2) is 8.55. The first-order valence-electron chi connectivity index (χ1n) is 8.52. The summed E-state index contributed by atoms with van der Waals surface area (Å²) in [6.07, 6.45) is 6.30. The molecule has 4 nitrogen and oxygen atoms in total. The number of rotatable bonds is 4. The average Bonchev–Trinajstić information content (AvgIpc) is 2.49. The number of hydrogen-bond acceptors (Lipinski definition) is 2. The molecule has 128 valence electrons. The minimum atomic E-state index is -0.0613. The van der Waals surface area contributed by atoms with Crippen LogP contribution in [0.3, 0.4) is 0 Å². The topological polar surface area (TPSA) is 42.8 Å². The number of quaternary nitrogens is 1. The van der Waals surface area contributed by atoms with Crippen molar-refractivity contribution in [3.8, 4) is 5.75 Å². The minimum Gasteiger partial charge on any atom is -0.495 e. The molecule has 5 heteroatoms. The fraction of sp³-hybridized carbons (Fsp3) is 0.611. The number of carbonyl (C=O) groups is 1. The van der Waals surface area contributed by atoms with Crippen molar-refractivity contribution in [2.24, 2.45) is 0 Å². The molecule has 0 aromatic heterocycles. The lowest BCUT2D eigenvalue weighted by Gasteiger charge is -2.27. The van der Waals surface area contributed by atoms with Crippen LogP contribution < -0.4 is 15.0 Å². The van der Waals surface area contributed by atoms with Crippen molar-refractivity contribution in [1.29, 1.82) is 0 Å². The average molecular weight is 340 g/mol. The van der Waals surface area contributed by atoms with Gasteiger partial charge in [0.05, 0.1) is 25.9 Å². The zero-order chi connectivity index (χ0) is 16.8. The van der Waals surface area contributed by atoms with Gasteiger partial charge in [0, 0.05) is 11.1 Å². The molecule has 1 aliphatic heterocycles. The zero-order valence-electron chi connectivity index (χ0n) is 14.4. The van der Waals surface area contributed by atoms with Crippen LogP contribution >= 0.6 is 11.6 Å². The molecule has 0 radical (unpaired) electrons. The van der Waals surface area contributed by atoms with E-state index < -0.39 is 0 Å². The first kappa shape index (κ1) is 18.1. The van der Waals surface area contributed by atoms with E-state index in [9.17, 15) is 4.79 Å². The summed E-state index contributed by atoms with van der Waals surface area (Å²) in [7, 11) is 1.59. The van der Waals surface area contributed by atoms with Gasteiger partial charge in [0.25, 0.3) is 5.91 Å². The maximum absolute atomic E-state index is 12.7. The summed E-state index contributed by atoms with van der Waals surface area (Å²) < 4.78 is 5.34. The molecular formula is C18H28ClN2O2+. The number of halogens is 1. The second-order valence-corrected chi connectivity index (χ2v) is 6.85. The highest BCUT2D eigenvalue weighted by molar-refractivity contribution is 6.31. The Labute approximate surface area is 144 Å². The van der Waals surface area contributed by atoms with Crippen molar-refractivity contribution in [3.63, 3.8) is 0 Å². The van der Waals surface area contributed by atoms with E-state index in [4.69, 9.17) is 16.3 Å². The normalized spacial score (nSPS) is 17.9. The predicted octanol–water partition coefficient (Wildman–Crippen LogP) is 2.83. The summed E-state index contributed by atoms with van der Waals surface area (Å²) in [5.74, 6) is 0.643. The Kier molecular flexibility index (Phi) is 6.72. The molecule has 0 unspecified atom stereocenters. The molecule has 0 aliphatic carbocycles. The number of nitrogens with one attached hydrogen (secondary N) is 2. The molecule has 1 atom stereocenters. The Hall–Kier alpha value is -1.26. The summed E-state index contributed by atoms with van der Waals surface area (Å²) in [6, 6.07) is 3.56. The number of likely N-dealkylation sites (tertiary alicyclic amines) is 1. The molecular weight excluding hydrogens is 312 g/mol. The molecule has 2 N–H and O–H groups in total. The van der Waals surface area contributed by atoms with Crippen LogP contribution in [0, 0.1) is 6.92 Å². The van der Waals surface area contributed by atoms with Gasteiger partial charge < -0.3 is 15.0 Å². The van der Waals surface area contributed by atoms with Crippen molar-refractivity contribution < 1.29 is 14.4 Å². The third-order valence-electron chi connectivity index (χ3n) is 4.74. The van der Waals surface area contributed by atoms with E-state index in [1.807, 2.05) is 19.9 Å². The molecule has 1 saturated heterocycles. The van der Waals surface area contributed by atoms with Crippen LogP contribution in [0.15, 0.2) is 12.1 Å². The number of anilines is 1. The number of benzene rings is 1. The minimum absolute atomic E-state index is 0.0422. The SMILES string of the molecule is COc1cc(Cl)c(C)cc1NC(=O)[C@H](C)[NH+]1CCCCCCC1. The van der Waals surface area contributed by atoms with Gasteiger partial charge in [-0.05, 0) is 51.2 Å². The molecule has 2 rings (SSSR count). The maximum Gasteiger partial charge on any atom is 0.282 e. The zero-order valence-corrected chi connectivity index (χ0v) is 15.1. The molecule has 1 fully saturated rings. The lowest BCUT2D eigenvalue weighted by atomic mass is 10.1. The van der Waals surface area contributed by atoms with Crippen molar-refractivity contribution in [1.82, 2.24) is 0 Å². The second-order valence-electron chi connectivity index (χ2n) is 6.44. The molecule has 23 heavy (non-hydrogen) atoms. The highest BCUT2D eigenvalue weighted by atomic mass is 35.5. The Balaban J connectivity index is 2.06. The van der Waals surface area contributed by atoms with E-state index in [2.05, 4.69) is 5.32 Å². The lowest BCUT2D eigenvalue weighted by molar-refractivity contribution is -0.914. The van der Waals surface area contributed by atoms with Gasteiger partial charge in [0.1, 0.15) is 5.75 Å². The summed E-state index contributed by atoms with van der Waals surface area (Å²) in [5, 5.41) is 3.66. The fourth-order valence-electron chi connectivity index (χ4n) is 3.15.